The molecule has 0 saturated carbocycles. The Morgan fingerprint density at radius 2 is 1.05 bits per heavy atom. The largest absolute Gasteiger partial charge is 0.494 e. The molecule has 0 amide bonds. The van der Waals surface area contributed by atoms with Gasteiger partial charge in [0.2, 0.25) is 5.88 Å². The Morgan fingerprint density at radius 3 is 1.62 bits per heavy atom. The number of aromatic hydroxyl groups is 1. The molecule has 2 N–H and O–H groups in total. The van der Waals surface area contributed by atoms with E-state index in [0.29, 0.717) is 31.7 Å². The monoisotopic (exact) mass is 886 g/mol. The lowest BCUT2D eigenvalue weighted by Crippen LogP contribution is -2.34. The van der Waals surface area contributed by atoms with E-state index in [4.69, 9.17) is 0 Å². The van der Waals surface area contributed by atoms with Crippen molar-refractivity contribution in [2.24, 2.45) is 0 Å². The van der Waals surface area contributed by atoms with Crippen LogP contribution in [-0.4, -0.2) is 24.2 Å². The molecule has 0 saturated heterocycles. The highest BCUT2D eigenvalue weighted by atomic mass is 19.4. The Labute approximate surface area is 352 Å². The number of halogens is 9. The number of unbranched alkanes of at least 4 members (excludes halogenated alkanes) is 10. The van der Waals surface area contributed by atoms with Crippen LogP contribution in [0.4, 0.5) is 39.5 Å². The molecule has 0 radical (unpaired) electrons. The van der Waals surface area contributed by atoms with Crippen LogP contribution in [0.15, 0.2) is 38.6 Å². The molecule has 0 fully saturated rings. The van der Waals surface area contributed by atoms with Crippen LogP contribution in [0, 0.1) is 6.92 Å². The van der Waals surface area contributed by atoms with Gasteiger partial charge in [-0.3, -0.25) is 23.5 Å². The first-order valence-electron chi connectivity index (χ1n) is 21.2. The fourth-order valence-electron chi connectivity index (χ4n) is 9.56. The third kappa shape index (κ3) is 7.18. The van der Waals surface area contributed by atoms with E-state index in [1.165, 1.54) is 13.0 Å². The van der Waals surface area contributed by atoms with Crippen molar-refractivity contribution in [3.05, 3.63) is 77.6 Å². The number of alkyl halides is 9. The molecule has 8 rings (SSSR count). The van der Waals surface area contributed by atoms with Crippen molar-refractivity contribution in [1.82, 2.24) is 19.1 Å². The fraction of sp³-hybridized carbons (Fsp3) is 0.435. The maximum absolute atomic E-state index is 15.1. The van der Waals surface area contributed by atoms with Crippen molar-refractivity contribution in [1.29, 1.82) is 0 Å². The summed E-state index contributed by atoms with van der Waals surface area (Å²) >= 11 is 0. The standard InChI is InChI=1S/C46H43F9N4O4/c1-4-6-8-10-12-14-16-58-40(60)34-30-31-36(38-32(34)28-24(45(50,51)52)18-22(3)19-26(28)56-38)42(62)59(17-15-13-11-9-7-5-2)43(63)37(31)39-33(35(30)41(58)61)29-25(46(53,54)55)20-23(44(47,48)49)21-27(29)57-39/h18-21,56,63H,4-17H2,1-3H3. The molecule has 4 aromatic heterocycles. The number of rotatable bonds is 14. The zero-order valence-corrected chi connectivity index (χ0v) is 34.6. The number of aromatic nitrogens is 4. The molecule has 8 aromatic rings. The predicted molar refractivity (Wildman–Crippen MR) is 226 cm³/mol. The van der Waals surface area contributed by atoms with E-state index in [-0.39, 0.29) is 52.9 Å². The molecule has 8 nitrogen and oxygen atoms in total. The Hall–Kier alpha value is -5.61. The van der Waals surface area contributed by atoms with E-state index >= 15 is 35.9 Å². The molecule has 0 atom stereocenters. The third-order valence-corrected chi connectivity index (χ3v) is 12.4. The molecule has 0 aliphatic carbocycles. The molecular weight excluding hydrogens is 844 g/mol. The van der Waals surface area contributed by atoms with Crippen LogP contribution in [0.25, 0.3) is 75.9 Å². The van der Waals surface area contributed by atoms with Gasteiger partial charge in [-0.2, -0.15) is 39.5 Å². The molecular formula is C46H43F9N4O4. The summed E-state index contributed by atoms with van der Waals surface area (Å²) in [5, 5.41) is 6.80. The minimum absolute atomic E-state index is 0.108. The van der Waals surface area contributed by atoms with Crippen LogP contribution < -0.4 is 16.7 Å². The summed E-state index contributed by atoms with van der Waals surface area (Å²) in [7, 11) is 0. The summed E-state index contributed by atoms with van der Waals surface area (Å²) in [6.45, 7) is 4.97. The molecule has 63 heavy (non-hydrogen) atoms. The van der Waals surface area contributed by atoms with Gasteiger partial charge >= 0.3 is 18.5 Å². The zero-order valence-electron chi connectivity index (χ0n) is 34.6. The summed E-state index contributed by atoms with van der Waals surface area (Å²) in [5.74, 6) is -0.840. The van der Waals surface area contributed by atoms with Crippen molar-refractivity contribution >= 4 is 75.9 Å². The van der Waals surface area contributed by atoms with E-state index in [1.54, 1.807) is 0 Å². The molecule has 334 valence electrons. The van der Waals surface area contributed by atoms with Gasteiger partial charge in [-0.05, 0) is 49.6 Å². The number of hydrogen-bond donors (Lipinski definition) is 2. The van der Waals surface area contributed by atoms with Crippen molar-refractivity contribution in [2.45, 2.75) is 129 Å². The summed E-state index contributed by atoms with van der Waals surface area (Å²) in [6, 6.07) is 2.52. The van der Waals surface area contributed by atoms with Gasteiger partial charge in [0, 0.05) is 50.9 Å². The second-order valence-corrected chi connectivity index (χ2v) is 16.7. The van der Waals surface area contributed by atoms with Gasteiger partial charge in [-0.1, -0.05) is 78.1 Å². The first kappa shape index (κ1) is 44.0. The van der Waals surface area contributed by atoms with Crippen molar-refractivity contribution in [3.63, 3.8) is 0 Å². The lowest BCUT2D eigenvalue weighted by atomic mass is 9.88. The number of nitrogens with one attached hydrogen (secondary N) is 1. The van der Waals surface area contributed by atoms with Gasteiger partial charge in [-0.15, -0.1) is 0 Å². The number of fused-ring (bicyclic) bond motifs is 10. The molecule has 0 aliphatic heterocycles. The van der Waals surface area contributed by atoms with E-state index < -0.39 is 112 Å². The van der Waals surface area contributed by atoms with Crippen LogP contribution >= 0.6 is 0 Å². The lowest BCUT2D eigenvalue weighted by Gasteiger charge is -2.19. The Morgan fingerprint density at radius 1 is 0.540 bits per heavy atom. The normalized spacial score (nSPS) is 13.3. The number of pyridine rings is 2. The maximum atomic E-state index is 15.1. The summed E-state index contributed by atoms with van der Waals surface area (Å²) in [5.41, 5.74) is -9.52. The highest BCUT2D eigenvalue weighted by Gasteiger charge is 2.41. The quantitative estimate of drug-likeness (QED) is 0.0642. The van der Waals surface area contributed by atoms with Crippen molar-refractivity contribution in [2.75, 3.05) is 0 Å². The Kier molecular flexibility index (Phi) is 11.1. The number of aryl methyl sites for hydroxylation is 1. The van der Waals surface area contributed by atoms with Gasteiger partial charge < -0.3 is 10.1 Å². The minimum Gasteiger partial charge on any atom is -0.494 e. The highest BCUT2D eigenvalue weighted by Crippen LogP contribution is 2.51. The first-order chi connectivity index (χ1) is 29.7. The lowest BCUT2D eigenvalue weighted by molar-refractivity contribution is -0.142. The Balaban J connectivity index is 1.65. The zero-order chi connectivity index (χ0) is 45.5. The van der Waals surface area contributed by atoms with E-state index in [1.807, 2.05) is 13.8 Å². The predicted octanol–water partition coefficient (Wildman–Crippen LogP) is 12.8. The number of hydrogen-bond acceptors (Lipinski definition) is 5. The maximum Gasteiger partial charge on any atom is 0.417 e. The number of benzene rings is 4. The van der Waals surface area contributed by atoms with Gasteiger partial charge in [0.05, 0.1) is 54.8 Å². The summed E-state index contributed by atoms with van der Waals surface area (Å²) in [4.78, 5) is 52.1. The third-order valence-electron chi connectivity index (χ3n) is 12.4. The van der Waals surface area contributed by atoms with E-state index in [0.717, 1.165) is 60.1 Å². The average molecular weight is 887 g/mol. The summed E-state index contributed by atoms with van der Waals surface area (Å²) in [6.07, 6.45) is -7.33. The topological polar surface area (TPSA) is 110 Å². The second-order valence-electron chi connectivity index (χ2n) is 16.7. The Bertz CT molecular complexity index is 3270. The smallest absolute Gasteiger partial charge is 0.417 e. The summed E-state index contributed by atoms with van der Waals surface area (Å²) < 4.78 is 135. The van der Waals surface area contributed by atoms with Crippen LogP contribution in [0.1, 0.15) is 113 Å². The van der Waals surface area contributed by atoms with Crippen LogP contribution in [0.3, 0.4) is 0 Å². The van der Waals surface area contributed by atoms with Gasteiger partial charge in [-0.25, -0.2) is 4.98 Å². The molecule has 17 heteroatoms. The van der Waals surface area contributed by atoms with Crippen molar-refractivity contribution < 1.29 is 44.6 Å². The van der Waals surface area contributed by atoms with Crippen molar-refractivity contribution in [3.8, 4) is 5.88 Å². The molecule has 0 bridgehead atoms. The average Bonchev–Trinajstić information content (AvgIpc) is 3.77. The highest BCUT2D eigenvalue weighted by molar-refractivity contribution is 6.44. The van der Waals surface area contributed by atoms with Gasteiger partial charge in [0.25, 0.3) is 16.7 Å². The number of H-pyrrole nitrogens is 1. The molecule has 4 heterocycles. The van der Waals surface area contributed by atoms with Crippen LogP contribution in [-0.2, 0) is 31.6 Å². The number of nitrogens with zero attached hydrogens (tertiary/aromatic N) is 3. The molecule has 0 spiro atoms. The molecule has 4 aromatic carbocycles. The van der Waals surface area contributed by atoms with Gasteiger partial charge in [0.1, 0.15) is 0 Å². The minimum atomic E-state index is -5.48. The van der Waals surface area contributed by atoms with Crippen LogP contribution in [0.2, 0.25) is 0 Å². The van der Waals surface area contributed by atoms with Gasteiger partial charge in [0.15, 0.2) is 0 Å². The fourth-order valence-corrected chi connectivity index (χ4v) is 9.56. The molecule has 0 unspecified atom stereocenters. The first-order valence-corrected chi connectivity index (χ1v) is 21.2. The molecule has 0 aliphatic rings. The second kappa shape index (κ2) is 15.9. The van der Waals surface area contributed by atoms with E-state index in [2.05, 4.69) is 9.97 Å². The number of aromatic amines is 1. The SMILES string of the molecule is CCCCCCCCn1c(O)c2c3nc4cc(C(F)(F)F)cc(C(F)(F)F)c4c3c3c(=O)n(CCCCCCCC)c(=O)c4c5c([nH]c6cc(C)cc(C(F)(F)F)c65)c(c1=O)c2c34. The van der Waals surface area contributed by atoms with Crippen LogP contribution in [0.5, 0.6) is 5.88 Å². The van der Waals surface area contributed by atoms with E-state index in [9.17, 15) is 23.1 Å².